The molecule has 8 heteroatoms. The van der Waals surface area contributed by atoms with Crippen molar-refractivity contribution in [1.29, 1.82) is 0 Å². The monoisotopic (exact) mass is 672 g/mol. The second-order valence-electron chi connectivity index (χ2n) is 8.03. The molecule has 0 bridgehead atoms. The summed E-state index contributed by atoms with van der Waals surface area (Å²) in [5.74, 6) is 1.74. The normalized spacial score (nSPS) is 11.0. The first kappa shape index (κ1) is 29.6. The van der Waals surface area contributed by atoms with E-state index < -0.39 is 5.60 Å². The van der Waals surface area contributed by atoms with Crippen molar-refractivity contribution in [2.24, 2.45) is 0 Å². The second kappa shape index (κ2) is 12.6. The van der Waals surface area contributed by atoms with E-state index in [1.54, 1.807) is 35.5 Å². The molecule has 1 N–H and O–H groups in total. The first-order valence-corrected chi connectivity index (χ1v) is 13.0. The van der Waals surface area contributed by atoms with Gasteiger partial charge in [-0.15, -0.1) is 0 Å². The number of ether oxygens (including phenoxy) is 4. The molecule has 0 saturated carbocycles. The van der Waals surface area contributed by atoms with Crippen LogP contribution in [0, 0.1) is 20.8 Å². The summed E-state index contributed by atoms with van der Waals surface area (Å²) in [5.41, 5.74) is 2.68. The van der Waals surface area contributed by atoms with Crippen molar-refractivity contribution in [2.75, 3.05) is 35.5 Å². The number of halogens is 3. The van der Waals surface area contributed by atoms with Gasteiger partial charge in [-0.3, -0.25) is 0 Å². The zero-order valence-electron chi connectivity index (χ0n) is 21.2. The molecule has 0 amide bonds. The Balaban J connectivity index is 0.00000137. The quantitative estimate of drug-likeness (QED) is 0.275. The van der Waals surface area contributed by atoms with Crippen LogP contribution in [-0.2, 0) is 10.3 Å². The molecule has 35 heavy (non-hydrogen) atoms. The third-order valence-electron chi connectivity index (χ3n) is 5.50. The predicted octanol–water partition coefficient (Wildman–Crippen LogP) is 7.47. The molecule has 3 aromatic carbocycles. The van der Waals surface area contributed by atoms with Crippen molar-refractivity contribution in [3.8, 4) is 17.2 Å². The second-order valence-corrected chi connectivity index (χ2v) is 10.8. The fourth-order valence-electron chi connectivity index (χ4n) is 4.24. The van der Waals surface area contributed by atoms with E-state index in [1.165, 1.54) is 0 Å². The fraction of sp³-hybridized carbons (Fsp3) is 0.333. The minimum atomic E-state index is -1.67. The largest absolute Gasteiger partial charge is 0.496 e. The molecule has 0 heterocycles. The lowest BCUT2D eigenvalue weighted by atomic mass is 9.77. The van der Waals surface area contributed by atoms with E-state index in [2.05, 4.69) is 52.5 Å². The molecule has 0 aliphatic rings. The number of methoxy groups -OCH3 is 4. The summed E-state index contributed by atoms with van der Waals surface area (Å²) in [5, 5.41) is 12.8. The SMILES string of the molecule is COC.COc1c(C)cc(Br)cc1C(O)(c1cc(Br)cc(C)c1OC)c1cc(Br)cc(C)c1OC. The first-order chi connectivity index (χ1) is 16.5. The van der Waals surface area contributed by atoms with Gasteiger partial charge in [-0.25, -0.2) is 0 Å². The average Bonchev–Trinajstić information content (AvgIpc) is 2.77. The highest BCUT2D eigenvalue weighted by molar-refractivity contribution is 9.11. The number of hydrogen-bond donors (Lipinski definition) is 1. The van der Waals surface area contributed by atoms with Gasteiger partial charge in [0, 0.05) is 44.3 Å². The van der Waals surface area contributed by atoms with Crippen LogP contribution in [0.15, 0.2) is 49.8 Å². The molecule has 0 unspecified atom stereocenters. The van der Waals surface area contributed by atoms with Gasteiger partial charge in [-0.2, -0.15) is 0 Å². The Labute approximate surface area is 233 Å². The minimum Gasteiger partial charge on any atom is -0.496 e. The molecule has 0 aliphatic carbocycles. The Hall–Kier alpha value is -1.58. The molecule has 3 aromatic rings. The number of aryl methyl sites for hydroxylation is 3. The Morgan fingerprint density at radius 3 is 0.971 bits per heavy atom. The fourth-order valence-corrected chi connectivity index (χ4v) is 5.96. The maximum absolute atomic E-state index is 12.8. The summed E-state index contributed by atoms with van der Waals surface area (Å²) in [6, 6.07) is 11.5. The minimum absolute atomic E-state index is 0.568. The van der Waals surface area contributed by atoms with E-state index in [9.17, 15) is 5.11 Å². The van der Waals surface area contributed by atoms with Crippen LogP contribution in [0.25, 0.3) is 0 Å². The lowest BCUT2D eigenvalue weighted by molar-refractivity contribution is 0.114. The van der Waals surface area contributed by atoms with Crippen LogP contribution >= 0.6 is 47.8 Å². The van der Waals surface area contributed by atoms with Crippen LogP contribution in [0.1, 0.15) is 33.4 Å². The van der Waals surface area contributed by atoms with Crippen molar-refractivity contribution in [3.05, 3.63) is 83.2 Å². The summed E-state index contributed by atoms with van der Waals surface area (Å²) in [6.07, 6.45) is 0. The topological polar surface area (TPSA) is 57.2 Å². The molecular formula is C27H31Br3O5. The molecule has 0 spiro atoms. The van der Waals surface area contributed by atoms with Crippen molar-refractivity contribution >= 4 is 47.8 Å². The van der Waals surface area contributed by atoms with E-state index in [1.807, 2.05) is 57.2 Å². The summed E-state index contributed by atoms with van der Waals surface area (Å²) < 4.78 is 24.1. The molecule has 0 aromatic heterocycles. The molecule has 3 rings (SSSR count). The van der Waals surface area contributed by atoms with Crippen LogP contribution in [0.5, 0.6) is 17.2 Å². The van der Waals surface area contributed by atoms with Crippen molar-refractivity contribution in [1.82, 2.24) is 0 Å². The molecule has 0 atom stereocenters. The Morgan fingerprint density at radius 1 is 0.543 bits per heavy atom. The van der Waals surface area contributed by atoms with Gasteiger partial charge in [-0.05, 0) is 73.9 Å². The van der Waals surface area contributed by atoms with Gasteiger partial charge < -0.3 is 24.1 Å². The Kier molecular flexibility index (Phi) is 10.7. The summed E-state index contributed by atoms with van der Waals surface area (Å²) in [4.78, 5) is 0. The van der Waals surface area contributed by atoms with Gasteiger partial charge >= 0.3 is 0 Å². The first-order valence-electron chi connectivity index (χ1n) is 10.7. The van der Waals surface area contributed by atoms with E-state index in [-0.39, 0.29) is 0 Å². The summed E-state index contributed by atoms with van der Waals surface area (Å²) in [7, 11) is 8.06. The zero-order valence-corrected chi connectivity index (χ0v) is 25.9. The molecule has 0 radical (unpaired) electrons. The summed E-state index contributed by atoms with van der Waals surface area (Å²) in [6.45, 7) is 5.83. The third kappa shape index (κ3) is 6.05. The van der Waals surface area contributed by atoms with Crippen LogP contribution in [-0.4, -0.2) is 40.7 Å². The van der Waals surface area contributed by atoms with Gasteiger partial charge in [0.25, 0.3) is 0 Å². The molecular weight excluding hydrogens is 644 g/mol. The highest BCUT2D eigenvalue weighted by Gasteiger charge is 2.43. The molecule has 0 fully saturated rings. The van der Waals surface area contributed by atoms with Crippen LogP contribution in [0.3, 0.4) is 0 Å². The lowest BCUT2D eigenvalue weighted by Crippen LogP contribution is -2.31. The van der Waals surface area contributed by atoms with Gasteiger partial charge in [0.05, 0.1) is 21.3 Å². The van der Waals surface area contributed by atoms with E-state index in [0.29, 0.717) is 33.9 Å². The lowest BCUT2D eigenvalue weighted by Gasteiger charge is -2.35. The van der Waals surface area contributed by atoms with Crippen LogP contribution < -0.4 is 14.2 Å². The van der Waals surface area contributed by atoms with Gasteiger partial charge in [0.2, 0.25) is 0 Å². The zero-order chi connectivity index (χ0) is 26.5. The van der Waals surface area contributed by atoms with Gasteiger partial charge in [-0.1, -0.05) is 47.8 Å². The molecule has 190 valence electrons. The molecule has 0 saturated heterocycles. The standard InChI is InChI=1S/C25H25Br3O4.C2H6O/c1-13-7-16(26)10-19(22(13)30-4)25(29,20-11-17(27)8-14(2)23(20)31-5)21-12-18(28)9-15(3)24(21)32-6;1-3-2/h7-12,29H,1-6H3;1-2H3. The number of hydrogen-bond acceptors (Lipinski definition) is 5. The van der Waals surface area contributed by atoms with Crippen molar-refractivity contribution in [2.45, 2.75) is 26.4 Å². The van der Waals surface area contributed by atoms with E-state index >= 15 is 0 Å². The predicted molar refractivity (Wildman–Crippen MR) is 151 cm³/mol. The molecule has 5 nitrogen and oxygen atoms in total. The van der Waals surface area contributed by atoms with E-state index in [4.69, 9.17) is 14.2 Å². The van der Waals surface area contributed by atoms with Crippen LogP contribution in [0.2, 0.25) is 0 Å². The van der Waals surface area contributed by atoms with Crippen LogP contribution in [0.4, 0.5) is 0 Å². The number of benzene rings is 3. The highest BCUT2D eigenvalue weighted by atomic mass is 79.9. The molecule has 0 aliphatic heterocycles. The summed E-state index contributed by atoms with van der Waals surface area (Å²) >= 11 is 10.8. The maximum atomic E-state index is 12.8. The Morgan fingerprint density at radius 2 is 0.771 bits per heavy atom. The van der Waals surface area contributed by atoms with E-state index in [0.717, 1.165) is 30.1 Å². The average molecular weight is 675 g/mol. The smallest absolute Gasteiger partial charge is 0.151 e. The van der Waals surface area contributed by atoms with Crippen molar-refractivity contribution in [3.63, 3.8) is 0 Å². The number of rotatable bonds is 6. The maximum Gasteiger partial charge on any atom is 0.151 e. The van der Waals surface area contributed by atoms with Gasteiger partial charge in [0.1, 0.15) is 17.2 Å². The Bertz CT molecular complexity index is 1050. The number of aliphatic hydroxyl groups is 1. The van der Waals surface area contributed by atoms with Gasteiger partial charge in [0.15, 0.2) is 5.60 Å². The third-order valence-corrected chi connectivity index (χ3v) is 6.87. The van der Waals surface area contributed by atoms with Crippen molar-refractivity contribution < 1.29 is 24.1 Å². The highest BCUT2D eigenvalue weighted by Crippen LogP contribution is 2.51.